The van der Waals surface area contributed by atoms with E-state index in [9.17, 15) is 14.0 Å². The van der Waals surface area contributed by atoms with E-state index < -0.39 is 11.4 Å². The zero-order valence-electron chi connectivity index (χ0n) is 13.5. The SMILES string of the molecule is CC(C)COC[C@H](C)NC(=O)c1cc(=O)[nH]c2cc(F)ccc12. The van der Waals surface area contributed by atoms with E-state index >= 15 is 0 Å². The Morgan fingerprint density at radius 1 is 1.26 bits per heavy atom. The van der Waals surface area contributed by atoms with E-state index in [4.69, 9.17) is 4.74 Å². The number of hydrogen-bond donors (Lipinski definition) is 2. The number of benzene rings is 1. The van der Waals surface area contributed by atoms with E-state index in [1.807, 2.05) is 20.8 Å². The molecule has 0 bridgehead atoms. The third-order valence-corrected chi connectivity index (χ3v) is 3.25. The molecule has 6 heteroatoms. The first-order chi connectivity index (χ1) is 10.9. The molecule has 0 aliphatic carbocycles. The van der Waals surface area contributed by atoms with Crippen LogP contribution >= 0.6 is 0 Å². The van der Waals surface area contributed by atoms with Crippen LogP contribution in [0.4, 0.5) is 4.39 Å². The Morgan fingerprint density at radius 2 is 2.00 bits per heavy atom. The molecule has 0 aliphatic rings. The quantitative estimate of drug-likeness (QED) is 0.859. The minimum Gasteiger partial charge on any atom is -0.379 e. The van der Waals surface area contributed by atoms with Crippen molar-refractivity contribution in [3.63, 3.8) is 0 Å². The number of H-pyrrole nitrogens is 1. The summed E-state index contributed by atoms with van der Waals surface area (Å²) >= 11 is 0. The summed E-state index contributed by atoms with van der Waals surface area (Å²) in [6, 6.07) is 4.96. The van der Waals surface area contributed by atoms with Crippen LogP contribution in [0, 0.1) is 11.7 Å². The van der Waals surface area contributed by atoms with Crippen molar-refractivity contribution in [2.75, 3.05) is 13.2 Å². The molecule has 0 spiro atoms. The summed E-state index contributed by atoms with van der Waals surface area (Å²) in [5.74, 6) is -0.432. The second-order valence-corrected chi connectivity index (χ2v) is 6.04. The molecule has 2 rings (SSSR count). The average Bonchev–Trinajstić information content (AvgIpc) is 2.45. The molecule has 124 valence electrons. The Balaban J connectivity index is 2.16. The molecule has 0 saturated carbocycles. The van der Waals surface area contributed by atoms with E-state index in [0.29, 0.717) is 30.0 Å². The van der Waals surface area contributed by atoms with Gasteiger partial charge in [0.1, 0.15) is 5.82 Å². The first-order valence-electron chi connectivity index (χ1n) is 7.58. The van der Waals surface area contributed by atoms with Crippen LogP contribution in [-0.4, -0.2) is 30.1 Å². The predicted octanol–water partition coefficient (Wildman–Crippen LogP) is 2.46. The molecule has 1 aromatic heterocycles. The number of hydrogen-bond acceptors (Lipinski definition) is 3. The van der Waals surface area contributed by atoms with Crippen molar-refractivity contribution < 1.29 is 13.9 Å². The van der Waals surface area contributed by atoms with Crippen molar-refractivity contribution in [3.05, 3.63) is 46.0 Å². The molecular weight excluding hydrogens is 299 g/mol. The number of nitrogens with one attached hydrogen (secondary N) is 2. The minimum atomic E-state index is -0.471. The van der Waals surface area contributed by atoms with Crippen molar-refractivity contribution in [3.8, 4) is 0 Å². The van der Waals surface area contributed by atoms with Gasteiger partial charge >= 0.3 is 0 Å². The molecule has 1 atom stereocenters. The van der Waals surface area contributed by atoms with Crippen molar-refractivity contribution in [2.45, 2.75) is 26.8 Å². The molecule has 1 amide bonds. The summed E-state index contributed by atoms with van der Waals surface area (Å²) in [6.45, 7) is 6.93. The average molecular weight is 320 g/mol. The molecule has 0 aliphatic heterocycles. The van der Waals surface area contributed by atoms with Gasteiger partial charge in [0.05, 0.1) is 17.7 Å². The van der Waals surface area contributed by atoms with Crippen molar-refractivity contribution in [1.29, 1.82) is 0 Å². The maximum absolute atomic E-state index is 13.3. The smallest absolute Gasteiger partial charge is 0.252 e. The third-order valence-electron chi connectivity index (χ3n) is 3.25. The zero-order valence-corrected chi connectivity index (χ0v) is 13.5. The van der Waals surface area contributed by atoms with Gasteiger partial charge in [-0.1, -0.05) is 13.8 Å². The lowest BCUT2D eigenvalue weighted by Crippen LogP contribution is -2.36. The fourth-order valence-corrected chi connectivity index (χ4v) is 2.24. The van der Waals surface area contributed by atoms with E-state index in [1.165, 1.54) is 24.3 Å². The monoisotopic (exact) mass is 320 g/mol. The Kier molecular flexibility index (Phi) is 5.50. The minimum absolute atomic E-state index is 0.198. The second kappa shape index (κ2) is 7.37. The highest BCUT2D eigenvalue weighted by molar-refractivity contribution is 6.06. The molecule has 0 saturated heterocycles. The summed E-state index contributed by atoms with van der Waals surface area (Å²) in [5.41, 5.74) is 0.0720. The van der Waals surface area contributed by atoms with Gasteiger partial charge in [-0.15, -0.1) is 0 Å². The first-order valence-corrected chi connectivity index (χ1v) is 7.58. The number of halogens is 1. The maximum atomic E-state index is 13.3. The lowest BCUT2D eigenvalue weighted by molar-refractivity contribution is 0.0793. The maximum Gasteiger partial charge on any atom is 0.252 e. The molecule has 5 nitrogen and oxygen atoms in total. The predicted molar refractivity (Wildman–Crippen MR) is 87.1 cm³/mol. The number of aromatic amines is 1. The summed E-state index contributed by atoms with van der Waals surface area (Å²) < 4.78 is 18.8. The van der Waals surface area contributed by atoms with Crippen LogP contribution in [0.25, 0.3) is 10.9 Å². The number of pyridine rings is 1. The molecular formula is C17H21FN2O3. The van der Waals surface area contributed by atoms with Gasteiger partial charge in [0.15, 0.2) is 0 Å². The van der Waals surface area contributed by atoms with Crippen LogP contribution in [0.5, 0.6) is 0 Å². The van der Waals surface area contributed by atoms with Gasteiger partial charge in [0, 0.05) is 24.1 Å². The largest absolute Gasteiger partial charge is 0.379 e. The lowest BCUT2D eigenvalue weighted by atomic mass is 10.1. The summed E-state index contributed by atoms with van der Waals surface area (Å²) in [7, 11) is 0. The molecule has 0 radical (unpaired) electrons. The molecule has 23 heavy (non-hydrogen) atoms. The molecule has 0 unspecified atom stereocenters. The van der Waals surface area contributed by atoms with Crippen LogP contribution in [0.3, 0.4) is 0 Å². The number of ether oxygens (including phenoxy) is 1. The van der Waals surface area contributed by atoms with Crippen LogP contribution in [0.2, 0.25) is 0 Å². The molecule has 2 aromatic rings. The molecule has 1 aromatic carbocycles. The van der Waals surface area contributed by atoms with Gasteiger partial charge in [-0.25, -0.2) is 4.39 Å². The lowest BCUT2D eigenvalue weighted by Gasteiger charge is -2.16. The van der Waals surface area contributed by atoms with Crippen molar-refractivity contribution in [2.24, 2.45) is 5.92 Å². The Labute approximate surface area is 133 Å². The number of aromatic nitrogens is 1. The molecule has 1 heterocycles. The summed E-state index contributed by atoms with van der Waals surface area (Å²) in [5, 5.41) is 3.29. The molecule has 0 fully saturated rings. The van der Waals surface area contributed by atoms with Crippen LogP contribution in [-0.2, 0) is 4.74 Å². The standard InChI is InChI=1S/C17H21FN2O3/c1-10(2)8-23-9-11(3)19-17(22)14-7-16(21)20-15-6-12(18)4-5-13(14)15/h4-7,10-11H,8-9H2,1-3H3,(H,19,22)(H,20,21)/t11-/m0/s1. The van der Waals surface area contributed by atoms with E-state index in [2.05, 4.69) is 10.3 Å². The van der Waals surface area contributed by atoms with Gasteiger partial charge in [-0.3, -0.25) is 9.59 Å². The van der Waals surface area contributed by atoms with Gasteiger partial charge in [0.2, 0.25) is 5.56 Å². The Bertz CT molecular complexity index is 755. The molecule has 2 N–H and O–H groups in total. The fourth-order valence-electron chi connectivity index (χ4n) is 2.24. The fraction of sp³-hybridized carbons (Fsp3) is 0.412. The van der Waals surface area contributed by atoms with Crippen LogP contribution < -0.4 is 10.9 Å². The van der Waals surface area contributed by atoms with Gasteiger partial charge in [-0.2, -0.15) is 0 Å². The number of rotatable bonds is 6. The first kappa shape index (κ1) is 17.1. The topological polar surface area (TPSA) is 71.2 Å². The summed E-state index contributed by atoms with van der Waals surface area (Å²) in [6.07, 6.45) is 0. The third kappa shape index (κ3) is 4.63. The van der Waals surface area contributed by atoms with E-state index in [1.54, 1.807) is 0 Å². The Morgan fingerprint density at radius 3 is 2.70 bits per heavy atom. The highest BCUT2D eigenvalue weighted by Crippen LogP contribution is 2.16. The number of fused-ring (bicyclic) bond motifs is 1. The number of carbonyl (C=O) groups excluding carboxylic acids is 1. The van der Waals surface area contributed by atoms with Crippen molar-refractivity contribution >= 4 is 16.8 Å². The normalized spacial score (nSPS) is 12.6. The van der Waals surface area contributed by atoms with Gasteiger partial charge < -0.3 is 15.0 Å². The van der Waals surface area contributed by atoms with Crippen LogP contribution in [0.15, 0.2) is 29.1 Å². The number of carbonyl (C=O) groups is 1. The number of amides is 1. The van der Waals surface area contributed by atoms with Gasteiger partial charge in [-0.05, 0) is 31.0 Å². The van der Waals surface area contributed by atoms with Gasteiger partial charge in [0.25, 0.3) is 5.91 Å². The second-order valence-electron chi connectivity index (χ2n) is 6.04. The van der Waals surface area contributed by atoms with E-state index in [0.717, 1.165) is 0 Å². The summed E-state index contributed by atoms with van der Waals surface area (Å²) in [4.78, 5) is 26.6. The highest BCUT2D eigenvalue weighted by Gasteiger charge is 2.15. The van der Waals surface area contributed by atoms with E-state index in [-0.39, 0.29) is 17.5 Å². The van der Waals surface area contributed by atoms with Crippen molar-refractivity contribution in [1.82, 2.24) is 10.3 Å². The Hall–Kier alpha value is -2.21. The highest BCUT2D eigenvalue weighted by atomic mass is 19.1. The zero-order chi connectivity index (χ0) is 17.0. The van der Waals surface area contributed by atoms with Crippen LogP contribution in [0.1, 0.15) is 31.1 Å².